The molecule has 4 rings (SSSR count). The van der Waals surface area contributed by atoms with E-state index in [-0.39, 0.29) is 17.5 Å². The molecule has 0 aliphatic carbocycles. The first-order valence-corrected chi connectivity index (χ1v) is 13.5. The quantitative estimate of drug-likeness (QED) is 0.413. The Bertz CT molecular complexity index is 1490. The summed E-state index contributed by atoms with van der Waals surface area (Å²) in [6.45, 7) is 10.7. The first-order valence-electron chi connectivity index (χ1n) is 13.5. The number of carbonyl (C=O) groups is 1. The summed E-state index contributed by atoms with van der Waals surface area (Å²) < 4.78 is 7.26. The number of aryl methyl sites for hydroxylation is 2. The van der Waals surface area contributed by atoms with Crippen LogP contribution in [0.3, 0.4) is 0 Å². The van der Waals surface area contributed by atoms with Gasteiger partial charge in [0.1, 0.15) is 17.4 Å². The molecule has 0 saturated carbocycles. The molecule has 2 aromatic heterocycles. The van der Waals surface area contributed by atoms with E-state index in [9.17, 15) is 14.9 Å². The molecule has 0 fully saturated rings. The van der Waals surface area contributed by atoms with Gasteiger partial charge < -0.3 is 19.1 Å². The molecular weight excluding hydrogens is 490 g/mol. The number of rotatable bonds is 9. The number of nitrogens with zero attached hydrogens (tertiary/aromatic N) is 5. The van der Waals surface area contributed by atoms with Crippen LogP contribution >= 0.6 is 0 Å². The second kappa shape index (κ2) is 11.8. The van der Waals surface area contributed by atoms with Crippen LogP contribution < -0.4 is 10.3 Å². The average Bonchev–Trinajstić information content (AvgIpc) is 2.93. The van der Waals surface area contributed by atoms with Gasteiger partial charge in [0.05, 0.1) is 18.3 Å². The summed E-state index contributed by atoms with van der Waals surface area (Å²) in [6, 6.07) is 9.48. The van der Waals surface area contributed by atoms with Gasteiger partial charge in [-0.25, -0.2) is 0 Å². The van der Waals surface area contributed by atoms with Crippen molar-refractivity contribution in [2.75, 3.05) is 33.3 Å². The molecule has 1 amide bonds. The van der Waals surface area contributed by atoms with Crippen molar-refractivity contribution in [1.82, 2.24) is 19.4 Å². The first kappa shape index (κ1) is 28.1. The molecule has 8 nitrogen and oxygen atoms in total. The van der Waals surface area contributed by atoms with E-state index in [4.69, 9.17) is 4.74 Å². The van der Waals surface area contributed by atoms with Gasteiger partial charge in [-0.15, -0.1) is 0 Å². The number of nitriles is 1. The van der Waals surface area contributed by atoms with Crippen LogP contribution in [0.1, 0.15) is 65.1 Å². The Morgan fingerprint density at radius 1 is 1.15 bits per heavy atom. The third-order valence-corrected chi connectivity index (χ3v) is 7.65. The Hall–Kier alpha value is -3.96. The second-order valence-corrected chi connectivity index (χ2v) is 10.2. The third-order valence-electron chi connectivity index (χ3n) is 7.65. The van der Waals surface area contributed by atoms with Crippen molar-refractivity contribution in [2.45, 2.75) is 46.6 Å². The molecule has 3 heterocycles. The van der Waals surface area contributed by atoms with Gasteiger partial charge in [0.25, 0.3) is 11.5 Å². The lowest BCUT2D eigenvalue weighted by molar-refractivity contribution is 0.0669. The highest BCUT2D eigenvalue weighted by Crippen LogP contribution is 2.36. The number of aromatic nitrogens is 2. The molecule has 0 N–H and O–H groups in total. The van der Waals surface area contributed by atoms with E-state index in [1.54, 1.807) is 23.7 Å². The van der Waals surface area contributed by atoms with Gasteiger partial charge >= 0.3 is 0 Å². The predicted octanol–water partition coefficient (Wildman–Crippen LogP) is 4.28. The van der Waals surface area contributed by atoms with Crippen molar-refractivity contribution in [3.63, 3.8) is 0 Å². The minimum absolute atomic E-state index is 0.0395. The maximum Gasteiger partial charge on any atom is 0.254 e. The van der Waals surface area contributed by atoms with Crippen LogP contribution in [0, 0.1) is 18.3 Å². The highest BCUT2D eigenvalue weighted by atomic mass is 16.5. The standard InChI is InChI=1S/C31H37N5O3/c1-7-34(5)11-9-22-14-25(27-19-35(6)30(37)13-20(27)3)24-10-12-36(31(38)26(24)15-22)21(4)28-16-29(39-8-2)23(17-32)18-33-28/h13-16,18-19,21H,7-12H2,1-6H3/t21-/m0/s1. The maximum absolute atomic E-state index is 14.1. The van der Waals surface area contributed by atoms with Crippen molar-refractivity contribution in [3.05, 3.63) is 80.5 Å². The number of ether oxygens (including phenoxy) is 1. The van der Waals surface area contributed by atoms with E-state index >= 15 is 0 Å². The largest absolute Gasteiger partial charge is 0.492 e. The lowest BCUT2D eigenvalue weighted by Crippen LogP contribution is -2.40. The zero-order valence-electron chi connectivity index (χ0n) is 23.7. The zero-order valence-corrected chi connectivity index (χ0v) is 23.7. The summed E-state index contributed by atoms with van der Waals surface area (Å²) in [6.07, 6.45) is 4.90. The number of hydrogen-bond donors (Lipinski definition) is 0. The van der Waals surface area contributed by atoms with E-state index in [0.29, 0.717) is 42.1 Å². The molecule has 1 aliphatic heterocycles. The number of benzene rings is 1. The molecule has 0 saturated heterocycles. The molecule has 0 bridgehead atoms. The summed E-state index contributed by atoms with van der Waals surface area (Å²) in [5.41, 5.74) is 6.71. The summed E-state index contributed by atoms with van der Waals surface area (Å²) in [5.74, 6) is 0.443. The highest BCUT2D eigenvalue weighted by molar-refractivity contribution is 5.99. The molecule has 8 heteroatoms. The minimum Gasteiger partial charge on any atom is -0.492 e. The fraction of sp³-hybridized carbons (Fsp3) is 0.419. The maximum atomic E-state index is 14.1. The highest BCUT2D eigenvalue weighted by Gasteiger charge is 2.32. The second-order valence-electron chi connectivity index (χ2n) is 10.2. The van der Waals surface area contributed by atoms with Gasteiger partial charge in [0.15, 0.2) is 0 Å². The number of fused-ring (bicyclic) bond motifs is 1. The summed E-state index contributed by atoms with van der Waals surface area (Å²) in [4.78, 5) is 34.9. The van der Waals surface area contributed by atoms with Gasteiger partial charge in [0, 0.05) is 55.8 Å². The number of pyridine rings is 2. The van der Waals surface area contributed by atoms with Crippen LogP contribution in [0.4, 0.5) is 0 Å². The van der Waals surface area contributed by atoms with Gasteiger partial charge in [-0.05, 0) is 75.5 Å². The number of carbonyl (C=O) groups excluding carboxylic acids is 1. The van der Waals surface area contributed by atoms with Crippen LogP contribution in [0.15, 0.2) is 41.5 Å². The fourth-order valence-electron chi connectivity index (χ4n) is 5.12. The summed E-state index contributed by atoms with van der Waals surface area (Å²) >= 11 is 0. The fourth-order valence-corrected chi connectivity index (χ4v) is 5.12. The molecule has 39 heavy (non-hydrogen) atoms. The minimum atomic E-state index is -0.296. The molecule has 204 valence electrons. The van der Waals surface area contributed by atoms with Crippen molar-refractivity contribution in [1.29, 1.82) is 5.26 Å². The Kier molecular flexibility index (Phi) is 8.51. The molecule has 3 aromatic rings. The topological polar surface area (TPSA) is 91.5 Å². The number of hydrogen-bond acceptors (Lipinski definition) is 6. The first-order chi connectivity index (χ1) is 18.7. The van der Waals surface area contributed by atoms with E-state index in [1.165, 1.54) is 6.20 Å². The van der Waals surface area contributed by atoms with Crippen molar-refractivity contribution in [2.24, 2.45) is 7.05 Å². The van der Waals surface area contributed by atoms with E-state index in [2.05, 4.69) is 36.0 Å². The molecule has 1 atom stereocenters. The normalized spacial score (nSPS) is 13.8. The summed E-state index contributed by atoms with van der Waals surface area (Å²) in [5, 5.41) is 9.41. The van der Waals surface area contributed by atoms with Gasteiger partial charge in [-0.2, -0.15) is 5.26 Å². The Balaban J connectivity index is 1.77. The monoisotopic (exact) mass is 527 g/mol. The molecule has 0 spiro atoms. The number of likely N-dealkylation sites (N-methyl/N-ethyl adjacent to an activating group) is 1. The predicted molar refractivity (Wildman–Crippen MR) is 152 cm³/mol. The summed E-state index contributed by atoms with van der Waals surface area (Å²) in [7, 11) is 3.85. The third kappa shape index (κ3) is 5.74. The Morgan fingerprint density at radius 3 is 2.59 bits per heavy atom. The SMILES string of the molecule is CCOc1cc([C@H](C)N2CCc3c(cc(CCN(C)CC)cc3-c3cn(C)c(=O)cc3C)C2=O)ncc1C#N. The van der Waals surface area contributed by atoms with Crippen LogP contribution in [0.2, 0.25) is 0 Å². The molecule has 0 unspecified atom stereocenters. The smallest absolute Gasteiger partial charge is 0.254 e. The Morgan fingerprint density at radius 2 is 1.90 bits per heavy atom. The van der Waals surface area contributed by atoms with E-state index in [1.807, 2.05) is 37.9 Å². The van der Waals surface area contributed by atoms with E-state index in [0.717, 1.165) is 47.3 Å². The Labute approximate surface area is 230 Å². The van der Waals surface area contributed by atoms with Crippen molar-refractivity contribution in [3.8, 4) is 22.9 Å². The molecular formula is C31H37N5O3. The van der Waals surface area contributed by atoms with Gasteiger partial charge in [-0.3, -0.25) is 14.6 Å². The van der Waals surface area contributed by atoms with Gasteiger partial charge in [-0.1, -0.05) is 13.0 Å². The van der Waals surface area contributed by atoms with Crippen LogP contribution in [-0.2, 0) is 19.9 Å². The molecule has 0 radical (unpaired) electrons. The lowest BCUT2D eigenvalue weighted by atomic mass is 9.86. The van der Waals surface area contributed by atoms with Crippen molar-refractivity contribution >= 4 is 5.91 Å². The van der Waals surface area contributed by atoms with Crippen LogP contribution in [-0.4, -0.2) is 58.5 Å². The van der Waals surface area contributed by atoms with Crippen LogP contribution in [0.25, 0.3) is 11.1 Å². The van der Waals surface area contributed by atoms with Crippen molar-refractivity contribution < 1.29 is 9.53 Å². The average molecular weight is 528 g/mol. The van der Waals surface area contributed by atoms with Crippen LogP contribution in [0.5, 0.6) is 5.75 Å². The van der Waals surface area contributed by atoms with Gasteiger partial charge in [0.2, 0.25) is 0 Å². The molecule has 1 aliphatic rings. The number of amides is 1. The lowest BCUT2D eigenvalue weighted by Gasteiger charge is -2.35. The van der Waals surface area contributed by atoms with E-state index < -0.39 is 0 Å². The zero-order chi connectivity index (χ0) is 28.3. The molecule has 1 aromatic carbocycles.